The van der Waals surface area contributed by atoms with Gasteiger partial charge in [-0.1, -0.05) is 141 Å². The number of rotatable bonds is 5. The summed E-state index contributed by atoms with van der Waals surface area (Å²) in [5.74, 6) is 2.50. The zero-order chi connectivity index (χ0) is 39.2. The van der Waals surface area contributed by atoms with Crippen molar-refractivity contribution in [3.05, 3.63) is 175 Å². The van der Waals surface area contributed by atoms with E-state index in [0.29, 0.717) is 23.3 Å². The van der Waals surface area contributed by atoms with Crippen LogP contribution < -0.4 is 0 Å². The highest BCUT2D eigenvalue weighted by molar-refractivity contribution is 7.26. The Morgan fingerprint density at radius 1 is 0.441 bits per heavy atom. The van der Waals surface area contributed by atoms with Crippen molar-refractivity contribution in [2.75, 3.05) is 0 Å². The first-order valence-corrected chi connectivity index (χ1v) is 20.6. The molecule has 0 fully saturated rings. The monoisotopic (exact) mass is 775 g/mol. The number of benzene rings is 7. The summed E-state index contributed by atoms with van der Waals surface area (Å²) >= 11 is 1.73. The highest BCUT2D eigenvalue weighted by Gasteiger charge is 2.35. The number of thiophene rings is 1. The first-order chi connectivity index (χ1) is 29.0. The van der Waals surface area contributed by atoms with Crippen LogP contribution in [0.4, 0.5) is 0 Å². The molecule has 0 aliphatic heterocycles. The summed E-state index contributed by atoms with van der Waals surface area (Å²) in [6, 6.07) is 56.6. The molecule has 11 aromatic rings. The molecule has 59 heavy (non-hydrogen) atoms. The topological polar surface area (TPSA) is 77.6 Å². The van der Waals surface area contributed by atoms with E-state index in [9.17, 15) is 0 Å². The maximum absolute atomic E-state index is 6.55. The molecule has 0 amide bonds. The molecule has 0 bridgehead atoms. The van der Waals surface area contributed by atoms with E-state index in [1.54, 1.807) is 11.3 Å². The van der Waals surface area contributed by atoms with Crippen LogP contribution in [0.2, 0.25) is 0 Å². The molecule has 0 radical (unpaired) electrons. The number of hydrogen-bond donors (Lipinski definition) is 0. The average Bonchev–Trinajstić information content (AvgIpc) is 3.94. The highest BCUT2D eigenvalue weighted by Crippen LogP contribution is 2.50. The van der Waals surface area contributed by atoms with Gasteiger partial charge in [-0.25, -0.2) is 24.9 Å². The van der Waals surface area contributed by atoms with Crippen LogP contribution in [0, 0.1) is 0 Å². The lowest BCUT2D eigenvalue weighted by atomic mass is 9.82. The fourth-order valence-corrected chi connectivity index (χ4v) is 10.0. The zero-order valence-electron chi connectivity index (χ0n) is 32.1. The minimum Gasteiger partial charge on any atom is -0.456 e. The highest BCUT2D eigenvalue weighted by atomic mass is 32.1. The Morgan fingerprint density at radius 2 is 1.08 bits per heavy atom. The lowest BCUT2D eigenvalue weighted by Crippen LogP contribution is -2.15. The van der Waals surface area contributed by atoms with E-state index < -0.39 is 0 Å². The molecule has 4 heterocycles. The molecule has 7 heteroatoms. The van der Waals surface area contributed by atoms with Gasteiger partial charge in [0.05, 0.1) is 15.9 Å². The predicted molar refractivity (Wildman–Crippen MR) is 240 cm³/mol. The summed E-state index contributed by atoms with van der Waals surface area (Å²) in [4.78, 5) is 25.9. The second-order valence-electron chi connectivity index (χ2n) is 15.6. The van der Waals surface area contributed by atoms with E-state index in [4.69, 9.17) is 29.3 Å². The maximum Gasteiger partial charge on any atom is 0.164 e. The first-order valence-electron chi connectivity index (χ1n) is 19.7. The Labute approximate surface area is 343 Å². The molecule has 4 aromatic heterocycles. The number of fused-ring (bicyclic) bond motifs is 9. The molecule has 1 aliphatic carbocycles. The van der Waals surface area contributed by atoms with Crippen molar-refractivity contribution in [1.82, 2.24) is 24.9 Å². The van der Waals surface area contributed by atoms with Crippen LogP contribution in [0.3, 0.4) is 0 Å². The van der Waals surface area contributed by atoms with Gasteiger partial charge in [0, 0.05) is 54.1 Å². The molecule has 0 N–H and O–H groups in total. The summed E-state index contributed by atoms with van der Waals surface area (Å²) in [6.45, 7) is 4.62. The average molecular weight is 776 g/mol. The van der Waals surface area contributed by atoms with E-state index in [1.807, 2.05) is 72.8 Å². The second-order valence-corrected chi connectivity index (χ2v) is 16.7. The van der Waals surface area contributed by atoms with E-state index in [-0.39, 0.29) is 5.41 Å². The standard InChI is InChI=1S/C52H33N5OS/c1-52(2)39-21-11-9-18-34(39)35-26-24-33(29-40(35)52)50-53-45(47-46(54-50)36-19-10-12-23-43(36)59-47)32-25-27-41-38(28-32)44-37(20-13-22-42(44)58-41)51-56-48(30-14-5-3-6-15-30)55-49(57-51)31-16-7-4-8-17-31/h3-29H,1-2H3. The van der Waals surface area contributed by atoms with Gasteiger partial charge >= 0.3 is 0 Å². The molecule has 0 saturated heterocycles. The molecule has 1 aliphatic rings. The van der Waals surface area contributed by atoms with Crippen molar-refractivity contribution in [1.29, 1.82) is 0 Å². The van der Waals surface area contributed by atoms with Crippen molar-refractivity contribution in [2.45, 2.75) is 19.3 Å². The Hall–Kier alpha value is -7.35. The van der Waals surface area contributed by atoms with Crippen LogP contribution >= 0.6 is 11.3 Å². The van der Waals surface area contributed by atoms with Gasteiger partial charge in [0.1, 0.15) is 11.2 Å². The fourth-order valence-electron chi connectivity index (χ4n) is 8.85. The molecule has 0 atom stereocenters. The summed E-state index contributed by atoms with van der Waals surface area (Å²) in [6.07, 6.45) is 0. The summed E-state index contributed by atoms with van der Waals surface area (Å²) in [5, 5.41) is 3.03. The normalized spacial score (nSPS) is 13.1. The largest absolute Gasteiger partial charge is 0.456 e. The Kier molecular flexibility index (Phi) is 7.34. The maximum atomic E-state index is 6.55. The van der Waals surface area contributed by atoms with E-state index in [1.165, 1.54) is 27.0 Å². The van der Waals surface area contributed by atoms with Crippen LogP contribution in [-0.2, 0) is 5.41 Å². The minimum absolute atomic E-state index is 0.142. The van der Waals surface area contributed by atoms with Gasteiger partial charge in [-0.2, -0.15) is 0 Å². The number of nitrogens with zero attached hydrogens (tertiary/aromatic N) is 5. The Bertz CT molecular complexity index is 3420. The third-order valence-electron chi connectivity index (χ3n) is 11.8. The third-order valence-corrected chi connectivity index (χ3v) is 12.9. The van der Waals surface area contributed by atoms with Gasteiger partial charge in [0.15, 0.2) is 23.3 Å². The smallest absolute Gasteiger partial charge is 0.164 e. The van der Waals surface area contributed by atoms with Gasteiger partial charge in [-0.3, -0.25) is 0 Å². The summed E-state index contributed by atoms with van der Waals surface area (Å²) in [7, 11) is 0. The molecular weight excluding hydrogens is 743 g/mol. The molecule has 12 rings (SSSR count). The summed E-state index contributed by atoms with van der Waals surface area (Å²) < 4.78 is 8.78. The SMILES string of the molecule is CC1(C)c2ccccc2-c2ccc(-c3nc(-c4ccc5oc6cccc(-c7nc(-c8ccccc8)nc(-c8ccccc8)n7)c6c5c4)c4sc5ccccc5c4n3)cc21. The van der Waals surface area contributed by atoms with Crippen LogP contribution in [0.1, 0.15) is 25.0 Å². The molecule has 278 valence electrons. The molecule has 6 nitrogen and oxygen atoms in total. The predicted octanol–water partition coefficient (Wildman–Crippen LogP) is 13.6. The lowest BCUT2D eigenvalue weighted by Gasteiger charge is -2.21. The molecular formula is C52H33N5OS. The number of hydrogen-bond acceptors (Lipinski definition) is 7. The van der Waals surface area contributed by atoms with Crippen molar-refractivity contribution in [3.63, 3.8) is 0 Å². The van der Waals surface area contributed by atoms with Gasteiger partial charge in [-0.05, 0) is 58.7 Å². The van der Waals surface area contributed by atoms with E-state index in [0.717, 1.165) is 71.1 Å². The van der Waals surface area contributed by atoms with Gasteiger partial charge in [0.2, 0.25) is 0 Å². The van der Waals surface area contributed by atoms with Gasteiger partial charge < -0.3 is 4.42 Å². The molecule has 7 aromatic carbocycles. The lowest BCUT2D eigenvalue weighted by molar-refractivity contribution is 0.660. The number of furan rings is 1. The van der Waals surface area contributed by atoms with Crippen molar-refractivity contribution < 1.29 is 4.42 Å². The Balaban J connectivity index is 1.07. The number of aromatic nitrogens is 5. The second kappa shape index (κ2) is 12.8. The third kappa shape index (κ3) is 5.28. The Morgan fingerprint density at radius 3 is 1.88 bits per heavy atom. The quantitative estimate of drug-likeness (QED) is 0.173. The van der Waals surface area contributed by atoms with Crippen LogP contribution in [-0.4, -0.2) is 24.9 Å². The summed E-state index contributed by atoms with van der Waals surface area (Å²) in [5.41, 5.74) is 13.1. The van der Waals surface area contributed by atoms with Crippen LogP contribution in [0.25, 0.3) is 110 Å². The molecule has 0 saturated carbocycles. The van der Waals surface area contributed by atoms with Gasteiger partial charge in [0.25, 0.3) is 0 Å². The van der Waals surface area contributed by atoms with E-state index in [2.05, 4.69) is 105 Å². The molecule has 0 spiro atoms. The van der Waals surface area contributed by atoms with Crippen molar-refractivity contribution in [3.8, 4) is 67.9 Å². The zero-order valence-corrected chi connectivity index (χ0v) is 33.0. The first kappa shape index (κ1) is 33.8. The van der Waals surface area contributed by atoms with Crippen LogP contribution in [0.5, 0.6) is 0 Å². The van der Waals surface area contributed by atoms with Crippen molar-refractivity contribution in [2.24, 2.45) is 0 Å². The van der Waals surface area contributed by atoms with E-state index >= 15 is 0 Å². The van der Waals surface area contributed by atoms with Crippen LogP contribution in [0.15, 0.2) is 168 Å². The fraction of sp³-hybridized carbons (Fsp3) is 0.0577. The molecule has 0 unspecified atom stereocenters. The van der Waals surface area contributed by atoms with Gasteiger partial charge in [-0.15, -0.1) is 11.3 Å². The van der Waals surface area contributed by atoms with Crippen molar-refractivity contribution >= 4 is 53.6 Å². The minimum atomic E-state index is -0.142.